The van der Waals surface area contributed by atoms with Gasteiger partial charge in [0.05, 0.1) is 5.56 Å². The molecule has 0 aliphatic rings. The number of thiocarbonyl (C=S) groups is 1. The zero-order chi connectivity index (χ0) is 16.1. The van der Waals surface area contributed by atoms with Gasteiger partial charge in [0.1, 0.15) is 11.6 Å². The molecule has 0 radical (unpaired) electrons. The molecule has 0 spiro atoms. The largest absolute Gasteiger partial charge is 0.507 e. The van der Waals surface area contributed by atoms with Crippen LogP contribution in [0.5, 0.6) is 5.75 Å². The summed E-state index contributed by atoms with van der Waals surface area (Å²) in [5, 5.41) is 12.4. The lowest BCUT2D eigenvalue weighted by Gasteiger charge is -2.12. The number of hydrogen-bond donors (Lipinski definition) is 4. The van der Waals surface area contributed by atoms with E-state index >= 15 is 0 Å². The average Bonchev–Trinajstić information content (AvgIpc) is 2.49. The second-order valence-electron chi connectivity index (χ2n) is 4.51. The smallest absolute Gasteiger partial charge is 0.273 e. The van der Waals surface area contributed by atoms with Crippen LogP contribution in [0.25, 0.3) is 0 Å². The van der Waals surface area contributed by atoms with E-state index in [1.165, 1.54) is 18.2 Å². The first-order valence-electron chi connectivity index (χ1n) is 6.39. The van der Waals surface area contributed by atoms with Crippen LogP contribution < -0.4 is 16.2 Å². The lowest BCUT2D eigenvalue weighted by molar-refractivity contribution is 0.0941. The van der Waals surface area contributed by atoms with Gasteiger partial charge in [-0.1, -0.05) is 18.2 Å². The maximum absolute atomic E-state index is 13.4. The molecule has 0 saturated carbocycles. The molecule has 4 N–H and O–H groups in total. The maximum Gasteiger partial charge on any atom is 0.273 e. The van der Waals surface area contributed by atoms with Gasteiger partial charge in [0.25, 0.3) is 5.91 Å². The van der Waals surface area contributed by atoms with Gasteiger partial charge in [0.2, 0.25) is 0 Å². The highest BCUT2D eigenvalue weighted by Gasteiger charge is 2.10. The number of phenols is 1. The van der Waals surface area contributed by atoms with Crippen molar-refractivity contribution in [2.45, 2.75) is 6.92 Å². The number of nitrogens with one attached hydrogen (secondary N) is 3. The molecule has 0 bridgehead atoms. The Balaban J connectivity index is 1.91. The Bertz CT molecular complexity index is 722. The van der Waals surface area contributed by atoms with E-state index in [0.717, 1.165) is 0 Å². The maximum atomic E-state index is 13.4. The van der Waals surface area contributed by atoms with E-state index in [1.807, 2.05) is 0 Å². The number of phenolic OH excluding ortho intramolecular Hbond substituents is 1. The molecule has 0 unspecified atom stereocenters. The van der Waals surface area contributed by atoms with E-state index in [2.05, 4.69) is 16.2 Å². The first-order chi connectivity index (χ1) is 10.5. The van der Waals surface area contributed by atoms with Crippen LogP contribution in [0.1, 0.15) is 15.9 Å². The molecule has 2 aromatic carbocycles. The molecule has 0 atom stereocenters. The normalized spacial score (nSPS) is 9.91. The first kappa shape index (κ1) is 15.7. The fourth-order valence-corrected chi connectivity index (χ4v) is 1.85. The Labute approximate surface area is 132 Å². The topological polar surface area (TPSA) is 73.4 Å². The summed E-state index contributed by atoms with van der Waals surface area (Å²) in [6.45, 7) is 1.66. The van der Waals surface area contributed by atoms with E-state index in [0.29, 0.717) is 11.3 Å². The van der Waals surface area contributed by atoms with Crippen molar-refractivity contribution in [3.05, 3.63) is 59.4 Å². The van der Waals surface area contributed by atoms with Crippen LogP contribution in [0.3, 0.4) is 0 Å². The summed E-state index contributed by atoms with van der Waals surface area (Å²) in [5.74, 6) is -1.04. The van der Waals surface area contributed by atoms with Gasteiger partial charge in [-0.2, -0.15) is 0 Å². The Hall–Kier alpha value is -2.67. The molecule has 2 aromatic rings. The molecule has 0 saturated heterocycles. The number of rotatable bonds is 2. The SMILES string of the molecule is Cc1ccc(NC(=S)NNC(=O)c2ccccc2O)cc1F. The van der Waals surface area contributed by atoms with Gasteiger partial charge in [-0.15, -0.1) is 0 Å². The first-order valence-corrected chi connectivity index (χ1v) is 6.79. The number of carbonyl (C=O) groups excluding carboxylic acids is 1. The molecule has 0 heterocycles. The molecule has 0 aliphatic heterocycles. The Morgan fingerprint density at radius 3 is 2.59 bits per heavy atom. The van der Waals surface area contributed by atoms with Crippen LogP contribution in [0, 0.1) is 12.7 Å². The Morgan fingerprint density at radius 2 is 1.91 bits per heavy atom. The van der Waals surface area contributed by atoms with Gasteiger partial charge < -0.3 is 10.4 Å². The van der Waals surface area contributed by atoms with E-state index in [9.17, 15) is 14.3 Å². The van der Waals surface area contributed by atoms with Crippen molar-refractivity contribution < 1.29 is 14.3 Å². The molecule has 7 heteroatoms. The third-order valence-corrected chi connectivity index (χ3v) is 3.07. The van der Waals surface area contributed by atoms with Gasteiger partial charge >= 0.3 is 0 Å². The van der Waals surface area contributed by atoms with E-state index in [4.69, 9.17) is 12.2 Å². The lowest BCUT2D eigenvalue weighted by Crippen LogP contribution is -2.43. The van der Waals surface area contributed by atoms with Gasteiger partial charge in [-0.25, -0.2) is 4.39 Å². The molecule has 0 aromatic heterocycles. The highest BCUT2D eigenvalue weighted by atomic mass is 32.1. The van der Waals surface area contributed by atoms with Crippen molar-refractivity contribution in [3.8, 4) is 5.75 Å². The zero-order valence-corrected chi connectivity index (χ0v) is 12.5. The summed E-state index contributed by atoms with van der Waals surface area (Å²) < 4.78 is 13.4. The second kappa shape index (κ2) is 6.86. The summed E-state index contributed by atoms with van der Waals surface area (Å²) >= 11 is 4.99. The van der Waals surface area contributed by atoms with Crippen molar-refractivity contribution in [3.63, 3.8) is 0 Å². The van der Waals surface area contributed by atoms with Crippen molar-refractivity contribution in [1.29, 1.82) is 0 Å². The molecule has 5 nitrogen and oxygen atoms in total. The number of para-hydroxylation sites is 1. The summed E-state index contributed by atoms with van der Waals surface area (Å²) in [6.07, 6.45) is 0. The molecule has 0 fully saturated rings. The second-order valence-corrected chi connectivity index (χ2v) is 4.92. The van der Waals surface area contributed by atoms with Gasteiger partial charge in [-0.3, -0.25) is 15.6 Å². The van der Waals surface area contributed by atoms with Crippen LogP contribution in [0.4, 0.5) is 10.1 Å². The summed E-state index contributed by atoms with van der Waals surface area (Å²) in [6, 6.07) is 10.7. The van der Waals surface area contributed by atoms with Gasteiger partial charge in [0, 0.05) is 5.69 Å². The van der Waals surface area contributed by atoms with E-state index in [1.54, 1.807) is 31.2 Å². The van der Waals surface area contributed by atoms with E-state index < -0.39 is 5.91 Å². The van der Waals surface area contributed by atoms with Crippen molar-refractivity contribution in [2.75, 3.05) is 5.32 Å². The standard InChI is InChI=1S/C15H14FN3O2S/c1-9-6-7-10(8-12(9)16)17-15(22)19-18-14(21)11-4-2-3-5-13(11)20/h2-8,20H,1H3,(H,18,21)(H2,17,19,22). The highest BCUT2D eigenvalue weighted by molar-refractivity contribution is 7.80. The number of amides is 1. The number of halogens is 1. The minimum absolute atomic E-state index is 0.0898. The third kappa shape index (κ3) is 3.92. The predicted molar refractivity (Wildman–Crippen MR) is 86.1 cm³/mol. The van der Waals surface area contributed by atoms with Gasteiger partial charge in [0.15, 0.2) is 5.11 Å². The van der Waals surface area contributed by atoms with Crippen molar-refractivity contribution in [2.24, 2.45) is 0 Å². The predicted octanol–water partition coefficient (Wildman–Crippen LogP) is 2.47. The zero-order valence-electron chi connectivity index (χ0n) is 11.7. The van der Waals surface area contributed by atoms with Crippen molar-refractivity contribution in [1.82, 2.24) is 10.9 Å². The minimum Gasteiger partial charge on any atom is -0.507 e. The number of carbonyl (C=O) groups is 1. The van der Waals surface area contributed by atoms with Crippen LogP contribution in [0.2, 0.25) is 0 Å². The van der Waals surface area contributed by atoms with Crippen LogP contribution in [-0.2, 0) is 0 Å². The lowest BCUT2D eigenvalue weighted by atomic mass is 10.2. The number of benzene rings is 2. The molecule has 0 aliphatic carbocycles. The summed E-state index contributed by atoms with van der Waals surface area (Å²) in [7, 11) is 0. The minimum atomic E-state index is -0.544. The average molecular weight is 319 g/mol. The molecule has 22 heavy (non-hydrogen) atoms. The Kier molecular flexibility index (Phi) is 4.90. The number of anilines is 1. The summed E-state index contributed by atoms with van der Waals surface area (Å²) in [5.41, 5.74) is 5.91. The quantitative estimate of drug-likeness (QED) is 0.505. The van der Waals surface area contributed by atoms with Crippen molar-refractivity contribution >= 4 is 28.9 Å². The molecular weight excluding hydrogens is 305 g/mol. The monoisotopic (exact) mass is 319 g/mol. The number of aryl methyl sites for hydroxylation is 1. The fraction of sp³-hybridized carbons (Fsp3) is 0.0667. The number of hydrogen-bond acceptors (Lipinski definition) is 3. The van der Waals surface area contributed by atoms with Crippen LogP contribution >= 0.6 is 12.2 Å². The molecule has 114 valence electrons. The molecule has 2 rings (SSSR count). The molecular formula is C15H14FN3O2S. The van der Waals surface area contributed by atoms with Crippen LogP contribution in [0.15, 0.2) is 42.5 Å². The highest BCUT2D eigenvalue weighted by Crippen LogP contribution is 2.15. The summed E-state index contributed by atoms with van der Waals surface area (Å²) in [4.78, 5) is 11.8. The number of hydrazine groups is 1. The Morgan fingerprint density at radius 1 is 1.18 bits per heavy atom. The third-order valence-electron chi connectivity index (χ3n) is 2.87. The van der Waals surface area contributed by atoms with Gasteiger partial charge in [-0.05, 0) is 49.0 Å². The number of aromatic hydroxyl groups is 1. The fourth-order valence-electron chi connectivity index (χ4n) is 1.68. The molecule has 1 amide bonds. The van der Waals surface area contributed by atoms with E-state index in [-0.39, 0.29) is 22.2 Å². The van der Waals surface area contributed by atoms with Crippen LogP contribution in [-0.4, -0.2) is 16.1 Å².